The van der Waals surface area contributed by atoms with Gasteiger partial charge in [-0.3, -0.25) is 9.69 Å². The Hall–Kier alpha value is -1.99. The standard InChI is InChI=1S/C15H11ClF2N2O2S/c1-15(10-6-8(17)2-4-11(10)18)13(21)20(14(22)19-15)7-9-3-5-12(16)23-9/h2-6H,7H2,1H3,(H,19,22)/t15-/m1/s1. The van der Waals surface area contributed by atoms with Gasteiger partial charge in [0.15, 0.2) is 0 Å². The van der Waals surface area contributed by atoms with Gasteiger partial charge in [0.2, 0.25) is 0 Å². The first-order valence-corrected chi connectivity index (χ1v) is 7.84. The zero-order chi connectivity index (χ0) is 16.8. The Kier molecular flexibility index (Phi) is 3.85. The van der Waals surface area contributed by atoms with E-state index in [2.05, 4.69) is 5.32 Å². The van der Waals surface area contributed by atoms with Crippen molar-refractivity contribution in [3.8, 4) is 0 Å². The van der Waals surface area contributed by atoms with Crippen LogP contribution in [0.15, 0.2) is 30.3 Å². The van der Waals surface area contributed by atoms with E-state index in [4.69, 9.17) is 11.6 Å². The Morgan fingerprint density at radius 1 is 1.26 bits per heavy atom. The summed E-state index contributed by atoms with van der Waals surface area (Å²) in [5.41, 5.74) is -1.85. The van der Waals surface area contributed by atoms with Crippen LogP contribution in [0.3, 0.4) is 0 Å². The van der Waals surface area contributed by atoms with Crippen LogP contribution >= 0.6 is 22.9 Å². The van der Waals surface area contributed by atoms with Crippen LogP contribution in [0.2, 0.25) is 4.34 Å². The van der Waals surface area contributed by atoms with E-state index in [1.54, 1.807) is 12.1 Å². The van der Waals surface area contributed by atoms with Gasteiger partial charge in [-0.1, -0.05) is 11.6 Å². The molecule has 0 unspecified atom stereocenters. The van der Waals surface area contributed by atoms with Crippen LogP contribution in [0.4, 0.5) is 13.6 Å². The van der Waals surface area contributed by atoms with Crippen LogP contribution < -0.4 is 5.32 Å². The lowest BCUT2D eigenvalue weighted by molar-refractivity contribution is -0.131. The summed E-state index contributed by atoms with van der Waals surface area (Å²) < 4.78 is 28.0. The van der Waals surface area contributed by atoms with Gasteiger partial charge < -0.3 is 5.32 Å². The summed E-state index contributed by atoms with van der Waals surface area (Å²) in [5.74, 6) is -2.09. The lowest BCUT2D eigenvalue weighted by Crippen LogP contribution is -2.41. The van der Waals surface area contributed by atoms with Crippen LogP contribution in [0.5, 0.6) is 0 Å². The number of hydrogen-bond acceptors (Lipinski definition) is 3. The molecule has 0 aliphatic carbocycles. The van der Waals surface area contributed by atoms with Crippen molar-refractivity contribution >= 4 is 34.9 Å². The van der Waals surface area contributed by atoms with Crippen LogP contribution in [0.25, 0.3) is 0 Å². The number of rotatable bonds is 3. The fourth-order valence-electron chi connectivity index (χ4n) is 2.50. The first-order valence-electron chi connectivity index (χ1n) is 6.65. The zero-order valence-electron chi connectivity index (χ0n) is 11.9. The van der Waals surface area contributed by atoms with E-state index in [9.17, 15) is 18.4 Å². The quantitative estimate of drug-likeness (QED) is 0.853. The Morgan fingerprint density at radius 3 is 2.65 bits per heavy atom. The smallest absolute Gasteiger partial charge is 0.319 e. The third-order valence-corrected chi connectivity index (χ3v) is 4.90. The van der Waals surface area contributed by atoms with Crippen molar-refractivity contribution in [1.82, 2.24) is 10.2 Å². The molecule has 1 aliphatic rings. The Morgan fingerprint density at radius 2 is 2.00 bits per heavy atom. The highest BCUT2D eigenvalue weighted by molar-refractivity contribution is 7.16. The van der Waals surface area contributed by atoms with E-state index in [-0.39, 0.29) is 12.1 Å². The third-order valence-electron chi connectivity index (χ3n) is 3.68. The summed E-state index contributed by atoms with van der Waals surface area (Å²) in [6.45, 7) is 1.38. The van der Waals surface area contributed by atoms with Crippen molar-refractivity contribution in [3.63, 3.8) is 0 Å². The fourth-order valence-corrected chi connectivity index (χ4v) is 3.57. The second kappa shape index (κ2) is 5.58. The summed E-state index contributed by atoms with van der Waals surface area (Å²) in [6.07, 6.45) is 0. The number of imide groups is 1. The van der Waals surface area contributed by atoms with Crippen molar-refractivity contribution in [2.75, 3.05) is 0 Å². The highest BCUT2D eigenvalue weighted by Gasteiger charge is 2.50. The molecule has 1 fully saturated rings. The minimum Gasteiger partial charge on any atom is -0.319 e. The molecule has 3 rings (SSSR count). The molecule has 0 saturated carbocycles. The van der Waals surface area contributed by atoms with Crippen molar-refractivity contribution in [2.24, 2.45) is 0 Å². The van der Waals surface area contributed by atoms with E-state index in [1.165, 1.54) is 18.3 Å². The topological polar surface area (TPSA) is 49.4 Å². The van der Waals surface area contributed by atoms with Gasteiger partial charge in [0.05, 0.1) is 10.9 Å². The lowest BCUT2D eigenvalue weighted by Gasteiger charge is -2.22. The molecular formula is C15H11ClF2N2O2S. The van der Waals surface area contributed by atoms with Gasteiger partial charge in [-0.2, -0.15) is 0 Å². The molecule has 1 saturated heterocycles. The number of nitrogens with one attached hydrogen (secondary N) is 1. The molecule has 2 heterocycles. The number of benzene rings is 1. The maximum atomic E-state index is 14.0. The summed E-state index contributed by atoms with van der Waals surface area (Å²) in [6, 6.07) is 5.49. The van der Waals surface area contributed by atoms with Gasteiger partial charge in [0.1, 0.15) is 17.2 Å². The van der Waals surface area contributed by atoms with E-state index in [1.807, 2.05) is 0 Å². The Bertz CT molecular complexity index is 811. The largest absolute Gasteiger partial charge is 0.325 e. The predicted octanol–water partition coefficient (Wildman–Crippen LogP) is 3.65. The molecule has 2 aromatic rings. The molecule has 1 aromatic carbocycles. The fraction of sp³-hybridized carbons (Fsp3) is 0.200. The molecular weight excluding hydrogens is 346 g/mol. The summed E-state index contributed by atoms with van der Waals surface area (Å²) >= 11 is 7.07. The molecule has 1 N–H and O–H groups in total. The van der Waals surface area contributed by atoms with Crippen molar-refractivity contribution < 1.29 is 18.4 Å². The van der Waals surface area contributed by atoms with E-state index >= 15 is 0 Å². The number of nitrogens with zero attached hydrogens (tertiary/aromatic N) is 1. The van der Waals surface area contributed by atoms with Crippen LogP contribution in [0.1, 0.15) is 17.4 Å². The summed E-state index contributed by atoms with van der Waals surface area (Å²) in [4.78, 5) is 26.4. The lowest BCUT2D eigenvalue weighted by atomic mass is 9.91. The van der Waals surface area contributed by atoms with Crippen molar-refractivity contribution in [1.29, 1.82) is 0 Å². The first-order chi connectivity index (χ1) is 10.8. The average molecular weight is 357 g/mol. The Balaban J connectivity index is 1.95. The number of thiophene rings is 1. The molecule has 8 heteroatoms. The van der Waals surface area contributed by atoms with Crippen molar-refractivity contribution in [3.05, 3.63) is 56.7 Å². The normalized spacial score (nSPS) is 21.0. The average Bonchev–Trinajstić information content (AvgIpc) is 2.99. The van der Waals surface area contributed by atoms with Crippen molar-refractivity contribution in [2.45, 2.75) is 19.0 Å². The molecule has 0 bridgehead atoms. The Labute approximate surface area is 139 Å². The first kappa shape index (κ1) is 15.9. The minimum atomic E-state index is -1.65. The number of halogens is 3. The second-order valence-corrected chi connectivity index (χ2v) is 7.08. The SMILES string of the molecule is C[C@]1(c2cc(F)ccc2F)NC(=O)N(Cc2ccc(Cl)s2)C1=O. The van der Waals surface area contributed by atoms with Gasteiger partial charge in [0, 0.05) is 10.4 Å². The van der Waals surface area contributed by atoms with Gasteiger partial charge in [0.25, 0.3) is 5.91 Å². The number of carbonyl (C=O) groups is 2. The molecule has 23 heavy (non-hydrogen) atoms. The molecule has 1 atom stereocenters. The van der Waals surface area contributed by atoms with Crippen LogP contribution in [0, 0.1) is 11.6 Å². The van der Waals surface area contributed by atoms with Gasteiger partial charge in [-0.25, -0.2) is 13.6 Å². The molecule has 0 radical (unpaired) electrons. The number of amides is 3. The molecule has 3 amide bonds. The maximum Gasteiger partial charge on any atom is 0.325 e. The molecule has 120 valence electrons. The van der Waals surface area contributed by atoms with E-state index < -0.39 is 29.1 Å². The highest BCUT2D eigenvalue weighted by Crippen LogP contribution is 2.33. The van der Waals surface area contributed by atoms with E-state index in [0.717, 1.165) is 23.1 Å². The second-order valence-electron chi connectivity index (χ2n) is 5.28. The van der Waals surface area contributed by atoms with Gasteiger partial charge in [-0.05, 0) is 37.3 Å². The number of carbonyl (C=O) groups excluding carboxylic acids is 2. The summed E-state index contributed by atoms with van der Waals surface area (Å²) in [7, 11) is 0. The van der Waals surface area contributed by atoms with E-state index in [0.29, 0.717) is 9.21 Å². The third kappa shape index (κ3) is 2.70. The van der Waals surface area contributed by atoms with Gasteiger partial charge in [-0.15, -0.1) is 11.3 Å². The monoisotopic (exact) mass is 356 g/mol. The number of hydrogen-bond donors (Lipinski definition) is 1. The minimum absolute atomic E-state index is 0.0224. The predicted molar refractivity (Wildman–Crippen MR) is 82.1 cm³/mol. The maximum absolute atomic E-state index is 14.0. The highest BCUT2D eigenvalue weighted by atomic mass is 35.5. The molecule has 4 nitrogen and oxygen atoms in total. The molecule has 1 aliphatic heterocycles. The molecule has 1 aromatic heterocycles. The summed E-state index contributed by atoms with van der Waals surface area (Å²) in [5, 5.41) is 2.44. The number of urea groups is 1. The molecule has 0 spiro atoms. The zero-order valence-corrected chi connectivity index (χ0v) is 13.5. The van der Waals surface area contributed by atoms with Crippen LogP contribution in [-0.4, -0.2) is 16.8 Å². The van der Waals surface area contributed by atoms with Gasteiger partial charge >= 0.3 is 6.03 Å². The van der Waals surface area contributed by atoms with Crippen LogP contribution in [-0.2, 0) is 16.9 Å².